The Bertz CT molecular complexity index is 928. The molecular formula is C25H32ClN3O3. The van der Waals surface area contributed by atoms with Crippen LogP contribution in [0.15, 0.2) is 42.5 Å². The van der Waals surface area contributed by atoms with E-state index in [4.69, 9.17) is 16.3 Å². The van der Waals surface area contributed by atoms with Crippen molar-refractivity contribution in [2.75, 3.05) is 29.9 Å². The average molecular weight is 458 g/mol. The van der Waals surface area contributed by atoms with Crippen LogP contribution in [-0.4, -0.2) is 37.6 Å². The highest BCUT2D eigenvalue weighted by molar-refractivity contribution is 6.31. The first kappa shape index (κ1) is 23.9. The molecule has 2 aromatic carbocycles. The molecule has 2 amide bonds. The number of carbonyl (C=O) groups is 2. The highest BCUT2D eigenvalue weighted by Gasteiger charge is 2.15. The number of hydrogen-bond acceptors (Lipinski definition) is 4. The van der Waals surface area contributed by atoms with Gasteiger partial charge in [-0.3, -0.25) is 9.59 Å². The minimum Gasteiger partial charge on any atom is -0.494 e. The van der Waals surface area contributed by atoms with Gasteiger partial charge in [-0.15, -0.1) is 0 Å². The van der Waals surface area contributed by atoms with Gasteiger partial charge in [0.2, 0.25) is 11.8 Å². The van der Waals surface area contributed by atoms with Crippen molar-refractivity contribution >= 4 is 34.8 Å². The van der Waals surface area contributed by atoms with Crippen LogP contribution in [0.5, 0.6) is 5.75 Å². The van der Waals surface area contributed by atoms with E-state index in [0.717, 1.165) is 35.8 Å². The summed E-state index contributed by atoms with van der Waals surface area (Å²) in [5.74, 6) is 0.543. The van der Waals surface area contributed by atoms with Crippen molar-refractivity contribution in [3.8, 4) is 5.75 Å². The van der Waals surface area contributed by atoms with Gasteiger partial charge in [0.05, 0.1) is 6.61 Å². The number of amides is 2. The highest BCUT2D eigenvalue weighted by atomic mass is 35.5. The molecule has 0 aliphatic carbocycles. The molecule has 7 heteroatoms. The molecule has 0 bridgehead atoms. The summed E-state index contributed by atoms with van der Waals surface area (Å²) in [6, 6.07) is 13.2. The van der Waals surface area contributed by atoms with Crippen LogP contribution in [0.4, 0.5) is 11.4 Å². The van der Waals surface area contributed by atoms with Gasteiger partial charge in [-0.25, -0.2) is 0 Å². The maximum atomic E-state index is 12.4. The third-order valence-corrected chi connectivity index (χ3v) is 5.87. The second-order valence-electron chi connectivity index (χ2n) is 8.33. The van der Waals surface area contributed by atoms with Crippen LogP contribution in [0.1, 0.15) is 44.6 Å². The van der Waals surface area contributed by atoms with Crippen LogP contribution in [0.25, 0.3) is 0 Å². The van der Waals surface area contributed by atoms with E-state index in [2.05, 4.69) is 21.6 Å². The molecule has 1 atom stereocenters. The fraction of sp³-hybridized carbons (Fsp3) is 0.440. The summed E-state index contributed by atoms with van der Waals surface area (Å²) in [4.78, 5) is 26.9. The van der Waals surface area contributed by atoms with Crippen molar-refractivity contribution in [1.82, 2.24) is 5.32 Å². The molecule has 1 aliphatic rings. The number of hydrogen-bond donors (Lipinski definition) is 2. The molecule has 172 valence electrons. The summed E-state index contributed by atoms with van der Waals surface area (Å²) in [6.07, 6.45) is 3.58. The maximum absolute atomic E-state index is 12.4. The predicted molar refractivity (Wildman–Crippen MR) is 130 cm³/mol. The van der Waals surface area contributed by atoms with E-state index in [9.17, 15) is 9.59 Å². The van der Waals surface area contributed by atoms with E-state index in [1.54, 1.807) is 6.07 Å². The zero-order valence-corrected chi connectivity index (χ0v) is 19.6. The summed E-state index contributed by atoms with van der Waals surface area (Å²) < 4.78 is 5.67. The average Bonchev–Trinajstić information content (AvgIpc) is 3.28. The van der Waals surface area contributed by atoms with Gasteiger partial charge in [-0.2, -0.15) is 0 Å². The second kappa shape index (κ2) is 11.8. The van der Waals surface area contributed by atoms with Crippen molar-refractivity contribution in [3.05, 3.63) is 53.1 Å². The van der Waals surface area contributed by atoms with Crippen molar-refractivity contribution in [1.29, 1.82) is 0 Å². The molecule has 6 nitrogen and oxygen atoms in total. The molecule has 2 aromatic rings. The monoisotopic (exact) mass is 457 g/mol. The summed E-state index contributed by atoms with van der Waals surface area (Å²) in [6.45, 7) is 6.32. The summed E-state index contributed by atoms with van der Waals surface area (Å²) in [5.41, 5.74) is 2.88. The Labute approximate surface area is 195 Å². The predicted octanol–water partition coefficient (Wildman–Crippen LogP) is 4.94. The molecule has 1 unspecified atom stereocenters. The Hall–Kier alpha value is -2.73. The van der Waals surface area contributed by atoms with E-state index >= 15 is 0 Å². The molecule has 0 spiro atoms. The van der Waals surface area contributed by atoms with Gasteiger partial charge >= 0.3 is 0 Å². The van der Waals surface area contributed by atoms with Crippen molar-refractivity contribution < 1.29 is 14.3 Å². The first-order valence-corrected chi connectivity index (χ1v) is 11.6. The fourth-order valence-corrected chi connectivity index (χ4v) is 3.89. The van der Waals surface area contributed by atoms with Gasteiger partial charge in [0.25, 0.3) is 0 Å². The number of halogens is 1. The molecule has 32 heavy (non-hydrogen) atoms. The molecule has 0 aromatic heterocycles. The van der Waals surface area contributed by atoms with Gasteiger partial charge in [0, 0.05) is 48.4 Å². The van der Waals surface area contributed by atoms with Crippen LogP contribution in [0, 0.1) is 6.92 Å². The number of aryl methyl sites for hydroxylation is 1. The van der Waals surface area contributed by atoms with E-state index in [0.29, 0.717) is 24.5 Å². The Balaban J connectivity index is 1.35. The third-order valence-electron chi connectivity index (χ3n) is 5.45. The van der Waals surface area contributed by atoms with Crippen LogP contribution >= 0.6 is 11.6 Å². The number of rotatable bonds is 10. The maximum Gasteiger partial charge on any atom is 0.226 e. The van der Waals surface area contributed by atoms with Crippen LogP contribution in [-0.2, 0) is 9.59 Å². The van der Waals surface area contributed by atoms with Crippen molar-refractivity contribution in [2.45, 2.75) is 52.0 Å². The molecule has 1 heterocycles. The lowest BCUT2D eigenvalue weighted by Gasteiger charge is -2.19. The van der Waals surface area contributed by atoms with Crippen LogP contribution < -0.4 is 20.3 Å². The van der Waals surface area contributed by atoms with E-state index in [-0.39, 0.29) is 24.3 Å². The standard InChI is InChI=1S/C25H32ClN3O3/c1-18-15-22(10-11-23(18)26)32-14-6-9-24(30)27-19(2)16-25(31)28-20-7-5-8-21(17-20)29-12-3-4-13-29/h5,7-8,10-11,15,17,19H,3-4,6,9,12-14,16H2,1-2H3,(H,27,30)(H,28,31). The van der Waals surface area contributed by atoms with E-state index < -0.39 is 0 Å². The molecule has 2 N–H and O–H groups in total. The zero-order chi connectivity index (χ0) is 22.9. The Morgan fingerprint density at radius 3 is 2.66 bits per heavy atom. The van der Waals surface area contributed by atoms with E-state index in [1.807, 2.05) is 44.2 Å². The topological polar surface area (TPSA) is 70.7 Å². The first-order valence-electron chi connectivity index (χ1n) is 11.2. The van der Waals surface area contributed by atoms with Crippen molar-refractivity contribution in [3.63, 3.8) is 0 Å². The first-order chi connectivity index (χ1) is 15.4. The van der Waals surface area contributed by atoms with Crippen molar-refractivity contribution in [2.24, 2.45) is 0 Å². The van der Waals surface area contributed by atoms with E-state index in [1.165, 1.54) is 12.8 Å². The molecule has 3 rings (SSSR count). The minimum absolute atomic E-state index is 0.0859. The normalized spacial score (nSPS) is 14.2. The fourth-order valence-electron chi connectivity index (χ4n) is 3.77. The number of carbonyl (C=O) groups excluding carboxylic acids is 2. The second-order valence-corrected chi connectivity index (χ2v) is 8.74. The quantitative estimate of drug-likeness (QED) is 0.495. The zero-order valence-electron chi connectivity index (χ0n) is 18.8. The summed E-state index contributed by atoms with van der Waals surface area (Å²) in [7, 11) is 0. The molecule has 0 saturated carbocycles. The van der Waals surface area contributed by atoms with Crippen LogP contribution in [0.2, 0.25) is 5.02 Å². The molecule has 1 aliphatic heterocycles. The number of anilines is 2. The number of nitrogens with zero attached hydrogens (tertiary/aromatic N) is 1. The number of benzene rings is 2. The summed E-state index contributed by atoms with van der Waals surface area (Å²) >= 11 is 6.01. The smallest absolute Gasteiger partial charge is 0.226 e. The van der Waals surface area contributed by atoms with Gasteiger partial charge in [-0.05, 0) is 75.1 Å². The highest BCUT2D eigenvalue weighted by Crippen LogP contribution is 2.23. The van der Waals surface area contributed by atoms with Gasteiger partial charge in [-0.1, -0.05) is 17.7 Å². The third kappa shape index (κ3) is 7.45. The lowest BCUT2D eigenvalue weighted by Crippen LogP contribution is -2.35. The van der Waals surface area contributed by atoms with Crippen LogP contribution in [0.3, 0.4) is 0 Å². The van der Waals surface area contributed by atoms with Gasteiger partial charge < -0.3 is 20.3 Å². The Kier molecular flexibility index (Phi) is 8.80. The number of nitrogens with one attached hydrogen (secondary N) is 2. The Morgan fingerprint density at radius 2 is 1.91 bits per heavy atom. The van der Waals surface area contributed by atoms with Gasteiger partial charge in [0.1, 0.15) is 5.75 Å². The lowest BCUT2D eigenvalue weighted by atomic mass is 10.2. The molecular weight excluding hydrogens is 426 g/mol. The number of ether oxygens (including phenoxy) is 1. The largest absolute Gasteiger partial charge is 0.494 e. The molecule has 0 radical (unpaired) electrons. The van der Waals surface area contributed by atoms with Gasteiger partial charge in [0.15, 0.2) is 0 Å². The Morgan fingerprint density at radius 1 is 1.12 bits per heavy atom. The molecule has 1 saturated heterocycles. The summed E-state index contributed by atoms with van der Waals surface area (Å²) in [5, 5.41) is 6.53. The molecule has 1 fully saturated rings. The minimum atomic E-state index is -0.246. The SMILES string of the molecule is Cc1cc(OCCCC(=O)NC(C)CC(=O)Nc2cccc(N3CCCC3)c2)ccc1Cl. The lowest BCUT2D eigenvalue weighted by molar-refractivity contribution is -0.122.